The van der Waals surface area contributed by atoms with Gasteiger partial charge in [-0.1, -0.05) is 13.8 Å². The minimum atomic E-state index is 0.248. The molecule has 1 atom stereocenters. The monoisotopic (exact) mass is 171 g/mol. The molecular weight excluding hydrogens is 152 g/mol. The van der Waals surface area contributed by atoms with Crippen LogP contribution in [-0.2, 0) is 4.74 Å². The van der Waals surface area contributed by atoms with Crippen LogP contribution in [0.15, 0.2) is 0 Å². The van der Waals surface area contributed by atoms with Crippen molar-refractivity contribution in [1.82, 2.24) is 4.90 Å². The van der Waals surface area contributed by atoms with Gasteiger partial charge in [-0.05, 0) is 5.92 Å². The van der Waals surface area contributed by atoms with E-state index in [4.69, 9.17) is 10.5 Å². The Morgan fingerprint density at radius 2 is 2.33 bits per heavy atom. The van der Waals surface area contributed by atoms with Crippen molar-refractivity contribution in [3.05, 3.63) is 5.92 Å². The number of hydrogen-bond donors (Lipinski definition) is 1. The summed E-state index contributed by atoms with van der Waals surface area (Å²) in [5.74, 6) is 1.45. The Morgan fingerprint density at radius 1 is 1.58 bits per heavy atom. The molecule has 0 spiro atoms. The first-order valence-electron chi connectivity index (χ1n) is 4.55. The van der Waals surface area contributed by atoms with Crippen molar-refractivity contribution in [3.63, 3.8) is 0 Å². The molecule has 2 N–H and O–H groups in total. The predicted octanol–water partition coefficient (Wildman–Crippen LogP) is 0.260. The maximum Gasteiger partial charge on any atom is 0.0824 e. The van der Waals surface area contributed by atoms with Crippen LogP contribution in [0.2, 0.25) is 0 Å². The first-order chi connectivity index (χ1) is 5.72. The van der Waals surface area contributed by atoms with Crippen LogP contribution >= 0.6 is 0 Å². The first-order valence-corrected chi connectivity index (χ1v) is 4.55. The minimum Gasteiger partial charge on any atom is -0.374 e. The average Bonchev–Trinajstić information content (AvgIpc) is 2.03. The van der Waals surface area contributed by atoms with Gasteiger partial charge in [0.25, 0.3) is 0 Å². The summed E-state index contributed by atoms with van der Waals surface area (Å²) in [5.41, 5.74) is 5.54. The Labute approximate surface area is 74.9 Å². The summed E-state index contributed by atoms with van der Waals surface area (Å²) in [7, 11) is 0. The number of rotatable bonds is 3. The number of ether oxygens (including phenoxy) is 1. The lowest BCUT2D eigenvalue weighted by Crippen LogP contribution is -2.46. The van der Waals surface area contributed by atoms with Crippen molar-refractivity contribution in [2.45, 2.75) is 20.0 Å². The Bertz CT molecular complexity index is 128. The number of morpholine rings is 1. The average molecular weight is 171 g/mol. The molecule has 71 valence electrons. The molecule has 1 rings (SSSR count). The summed E-state index contributed by atoms with van der Waals surface area (Å²) in [6.07, 6.45) is 0.248. The fourth-order valence-corrected chi connectivity index (χ4v) is 1.51. The molecule has 3 heteroatoms. The van der Waals surface area contributed by atoms with Crippen molar-refractivity contribution in [2.75, 3.05) is 32.8 Å². The Balaban J connectivity index is 2.25. The lowest BCUT2D eigenvalue weighted by molar-refractivity contribution is -0.0213. The van der Waals surface area contributed by atoms with Crippen LogP contribution in [0.5, 0.6) is 0 Å². The second-order valence-corrected chi connectivity index (χ2v) is 3.67. The van der Waals surface area contributed by atoms with E-state index in [-0.39, 0.29) is 6.10 Å². The zero-order chi connectivity index (χ0) is 8.97. The lowest BCUT2D eigenvalue weighted by atomic mass is 10.2. The van der Waals surface area contributed by atoms with Gasteiger partial charge >= 0.3 is 0 Å². The molecule has 0 aromatic heterocycles. The van der Waals surface area contributed by atoms with Crippen LogP contribution in [0, 0.1) is 5.92 Å². The predicted molar refractivity (Wildman–Crippen MR) is 49.8 cm³/mol. The van der Waals surface area contributed by atoms with Gasteiger partial charge in [-0.2, -0.15) is 0 Å². The van der Waals surface area contributed by atoms with E-state index in [0.29, 0.717) is 6.54 Å². The maximum atomic E-state index is 5.54. The Kier molecular flexibility index (Phi) is 3.98. The van der Waals surface area contributed by atoms with Crippen molar-refractivity contribution in [2.24, 2.45) is 5.73 Å². The van der Waals surface area contributed by atoms with E-state index in [1.54, 1.807) is 0 Å². The van der Waals surface area contributed by atoms with E-state index < -0.39 is 0 Å². The van der Waals surface area contributed by atoms with Crippen molar-refractivity contribution in [1.29, 1.82) is 0 Å². The molecule has 1 saturated heterocycles. The first kappa shape index (κ1) is 9.96. The van der Waals surface area contributed by atoms with Gasteiger partial charge in [-0.25, -0.2) is 0 Å². The van der Waals surface area contributed by atoms with E-state index in [1.807, 2.05) is 0 Å². The highest BCUT2D eigenvalue weighted by Gasteiger charge is 2.19. The molecule has 1 fully saturated rings. The number of hydrogen-bond acceptors (Lipinski definition) is 3. The molecule has 0 amide bonds. The summed E-state index contributed by atoms with van der Waals surface area (Å²) < 4.78 is 5.46. The van der Waals surface area contributed by atoms with Gasteiger partial charge in [-0.3, -0.25) is 4.90 Å². The Morgan fingerprint density at radius 3 is 2.92 bits per heavy atom. The van der Waals surface area contributed by atoms with E-state index in [0.717, 1.165) is 26.2 Å². The summed E-state index contributed by atoms with van der Waals surface area (Å²) in [6, 6.07) is 0. The summed E-state index contributed by atoms with van der Waals surface area (Å²) >= 11 is 0. The molecule has 0 saturated carbocycles. The van der Waals surface area contributed by atoms with E-state index >= 15 is 0 Å². The van der Waals surface area contributed by atoms with Crippen LogP contribution in [0.25, 0.3) is 0 Å². The third-order valence-electron chi connectivity index (χ3n) is 2.03. The summed E-state index contributed by atoms with van der Waals surface area (Å²) in [5, 5.41) is 0. The van der Waals surface area contributed by atoms with Gasteiger partial charge in [0.2, 0.25) is 0 Å². The Hall–Kier alpha value is -0.120. The largest absolute Gasteiger partial charge is 0.374 e. The molecule has 0 aliphatic carbocycles. The smallest absolute Gasteiger partial charge is 0.0824 e. The topological polar surface area (TPSA) is 38.5 Å². The highest BCUT2D eigenvalue weighted by atomic mass is 16.5. The van der Waals surface area contributed by atoms with Gasteiger partial charge in [-0.15, -0.1) is 0 Å². The van der Waals surface area contributed by atoms with E-state index in [1.165, 1.54) is 5.92 Å². The van der Waals surface area contributed by atoms with Gasteiger partial charge < -0.3 is 10.5 Å². The fourth-order valence-electron chi connectivity index (χ4n) is 1.51. The minimum absolute atomic E-state index is 0.248. The molecule has 0 aromatic carbocycles. The molecule has 12 heavy (non-hydrogen) atoms. The van der Waals surface area contributed by atoms with Crippen molar-refractivity contribution >= 4 is 0 Å². The van der Waals surface area contributed by atoms with Crippen LogP contribution in [0.4, 0.5) is 0 Å². The molecule has 1 aliphatic rings. The van der Waals surface area contributed by atoms with Crippen LogP contribution in [0.1, 0.15) is 13.8 Å². The number of nitrogens with two attached hydrogens (primary N) is 1. The zero-order valence-corrected chi connectivity index (χ0v) is 8.05. The zero-order valence-electron chi connectivity index (χ0n) is 8.05. The second kappa shape index (κ2) is 4.80. The highest BCUT2D eigenvalue weighted by Crippen LogP contribution is 2.07. The quantitative estimate of drug-likeness (QED) is 0.662. The molecule has 0 aromatic rings. The van der Waals surface area contributed by atoms with E-state index in [9.17, 15) is 0 Å². The molecule has 3 nitrogen and oxygen atoms in total. The summed E-state index contributed by atoms with van der Waals surface area (Å²) in [6.45, 7) is 8.90. The molecule has 0 unspecified atom stereocenters. The third-order valence-corrected chi connectivity index (χ3v) is 2.03. The van der Waals surface area contributed by atoms with Crippen molar-refractivity contribution < 1.29 is 4.74 Å². The standard InChI is InChI=1S/C9H19N2O/c1-8(2)6-11-3-4-12-9(5-10)7-11/h9H,3-7,10H2,1-2H3/t9-/m1/s1. The van der Waals surface area contributed by atoms with Gasteiger partial charge in [0.1, 0.15) is 0 Å². The molecule has 0 bridgehead atoms. The van der Waals surface area contributed by atoms with Crippen LogP contribution in [0.3, 0.4) is 0 Å². The molecule has 1 aliphatic heterocycles. The van der Waals surface area contributed by atoms with Crippen molar-refractivity contribution in [3.8, 4) is 0 Å². The van der Waals surface area contributed by atoms with Gasteiger partial charge in [0.05, 0.1) is 12.7 Å². The second-order valence-electron chi connectivity index (χ2n) is 3.67. The third kappa shape index (κ3) is 3.09. The molecule has 1 radical (unpaired) electrons. The molecule has 1 heterocycles. The number of nitrogens with zero attached hydrogens (tertiary/aromatic N) is 1. The normalized spacial score (nSPS) is 26.5. The van der Waals surface area contributed by atoms with Crippen LogP contribution < -0.4 is 5.73 Å². The lowest BCUT2D eigenvalue weighted by Gasteiger charge is -2.33. The van der Waals surface area contributed by atoms with E-state index in [2.05, 4.69) is 18.7 Å². The maximum absolute atomic E-state index is 5.54. The highest BCUT2D eigenvalue weighted by molar-refractivity contribution is 4.84. The van der Waals surface area contributed by atoms with Gasteiger partial charge in [0, 0.05) is 26.2 Å². The van der Waals surface area contributed by atoms with Gasteiger partial charge in [0.15, 0.2) is 0 Å². The summed E-state index contributed by atoms with van der Waals surface area (Å²) in [4.78, 5) is 2.40. The SMILES string of the molecule is C[C](C)CN1CCO[C@H](CN)C1. The fraction of sp³-hybridized carbons (Fsp3) is 0.889. The van der Waals surface area contributed by atoms with Crippen LogP contribution in [-0.4, -0.2) is 43.8 Å². The molecular formula is C9H19N2O.